The van der Waals surface area contributed by atoms with Crippen molar-refractivity contribution in [2.75, 3.05) is 18.4 Å². The lowest BCUT2D eigenvalue weighted by Crippen LogP contribution is -2.55. The Kier molecular flexibility index (Phi) is 7.17. The van der Waals surface area contributed by atoms with Crippen LogP contribution in [0.3, 0.4) is 0 Å². The molecule has 1 aliphatic rings. The van der Waals surface area contributed by atoms with Crippen molar-refractivity contribution >= 4 is 23.5 Å². The second kappa shape index (κ2) is 9.73. The third kappa shape index (κ3) is 6.71. The largest absolute Gasteiger partial charge is 0.573 e. The van der Waals surface area contributed by atoms with E-state index in [-0.39, 0.29) is 24.6 Å². The number of pyridine rings is 2. The van der Waals surface area contributed by atoms with Gasteiger partial charge >= 0.3 is 6.36 Å². The Bertz CT molecular complexity index is 1070. The van der Waals surface area contributed by atoms with Gasteiger partial charge in [0.05, 0.1) is 6.54 Å². The Morgan fingerprint density at radius 3 is 2.65 bits per heavy atom. The van der Waals surface area contributed by atoms with Crippen molar-refractivity contribution in [1.82, 2.24) is 20.2 Å². The van der Waals surface area contributed by atoms with Crippen molar-refractivity contribution in [3.05, 3.63) is 42.0 Å². The van der Waals surface area contributed by atoms with Crippen molar-refractivity contribution in [2.45, 2.75) is 38.1 Å². The van der Waals surface area contributed by atoms with Gasteiger partial charge in [-0.2, -0.15) is 0 Å². The highest BCUT2D eigenvalue weighted by atomic mass is 19.4. The molecule has 1 saturated heterocycles. The van der Waals surface area contributed by atoms with Gasteiger partial charge in [-0.25, -0.2) is 23.1 Å². The van der Waals surface area contributed by atoms with E-state index in [0.717, 1.165) is 35.4 Å². The third-order valence-corrected chi connectivity index (χ3v) is 4.80. The van der Waals surface area contributed by atoms with E-state index in [1.807, 2.05) is 0 Å². The zero-order valence-electron chi connectivity index (χ0n) is 17.6. The molecule has 34 heavy (non-hydrogen) atoms. The molecule has 2 N–H and O–H groups in total. The molecule has 1 atom stereocenters. The first-order chi connectivity index (χ1) is 15.8. The van der Waals surface area contributed by atoms with Crippen molar-refractivity contribution in [3.63, 3.8) is 0 Å². The number of carbonyl (C=O) groups excluding carboxylic acids is 2. The predicted octanol–water partition coefficient (Wildman–Crippen LogP) is 3.63. The summed E-state index contributed by atoms with van der Waals surface area (Å²) >= 11 is 0. The van der Waals surface area contributed by atoms with Crippen LogP contribution >= 0.6 is 0 Å². The van der Waals surface area contributed by atoms with Gasteiger partial charge in [-0.05, 0) is 24.6 Å². The predicted molar refractivity (Wildman–Crippen MR) is 106 cm³/mol. The molecule has 184 valence electrons. The third-order valence-electron chi connectivity index (χ3n) is 4.80. The van der Waals surface area contributed by atoms with E-state index in [9.17, 15) is 35.9 Å². The van der Waals surface area contributed by atoms with Crippen LogP contribution in [0.1, 0.15) is 30.3 Å². The Hall–Kier alpha value is -3.58. The first-order valence-electron chi connectivity index (χ1n) is 9.91. The quantitative estimate of drug-likeness (QED) is 0.600. The Morgan fingerprint density at radius 2 is 1.97 bits per heavy atom. The summed E-state index contributed by atoms with van der Waals surface area (Å²) in [5.74, 6) is -6.78. The van der Waals surface area contributed by atoms with Crippen LogP contribution < -0.4 is 15.4 Å². The van der Waals surface area contributed by atoms with Gasteiger partial charge in [0, 0.05) is 38.2 Å². The number of ether oxygens (including phenoxy) is 1. The average Bonchev–Trinajstić information content (AvgIpc) is 2.72. The minimum atomic E-state index is -4.93. The monoisotopic (exact) mass is 491 g/mol. The van der Waals surface area contributed by atoms with Crippen LogP contribution in [0.2, 0.25) is 0 Å². The molecule has 1 fully saturated rings. The molecule has 14 heteroatoms. The smallest absolute Gasteiger partial charge is 0.406 e. The second-order valence-corrected chi connectivity index (χ2v) is 7.50. The number of hydrogen-bond donors (Lipinski definition) is 2. The van der Waals surface area contributed by atoms with Gasteiger partial charge in [0.2, 0.25) is 5.91 Å². The minimum Gasteiger partial charge on any atom is -0.406 e. The molecular formula is C20H19F6N5O3. The number of aromatic nitrogens is 2. The van der Waals surface area contributed by atoms with Crippen molar-refractivity contribution in [2.24, 2.45) is 0 Å². The topological polar surface area (TPSA) is 96.5 Å². The zero-order valence-corrected chi connectivity index (χ0v) is 17.6. The SMILES string of the molecule is CC(=O)NC[C@H]1CCC(F)(F)CN1C(=O)c1nc(Nc2cc(OC(F)(F)F)ccn2)ccc1F. The molecule has 2 aromatic rings. The maximum atomic E-state index is 14.4. The van der Waals surface area contributed by atoms with Gasteiger partial charge in [-0.3, -0.25) is 9.59 Å². The van der Waals surface area contributed by atoms with E-state index in [2.05, 4.69) is 25.3 Å². The molecule has 0 aromatic carbocycles. The van der Waals surface area contributed by atoms with Gasteiger partial charge in [0.1, 0.15) is 17.4 Å². The molecule has 2 amide bonds. The molecule has 0 spiro atoms. The summed E-state index contributed by atoms with van der Waals surface area (Å²) in [5, 5.41) is 4.97. The van der Waals surface area contributed by atoms with E-state index in [0.29, 0.717) is 0 Å². The van der Waals surface area contributed by atoms with E-state index in [4.69, 9.17) is 0 Å². The van der Waals surface area contributed by atoms with Gasteiger partial charge in [-0.1, -0.05) is 0 Å². The van der Waals surface area contributed by atoms with Gasteiger partial charge < -0.3 is 20.3 Å². The van der Waals surface area contributed by atoms with Crippen LogP contribution in [0.5, 0.6) is 5.75 Å². The number of nitrogens with one attached hydrogen (secondary N) is 2. The molecule has 0 saturated carbocycles. The zero-order chi connectivity index (χ0) is 25.1. The van der Waals surface area contributed by atoms with Crippen LogP contribution in [0.25, 0.3) is 0 Å². The molecule has 2 aromatic heterocycles. The molecule has 0 unspecified atom stereocenters. The lowest BCUT2D eigenvalue weighted by atomic mass is 9.98. The molecule has 0 aliphatic carbocycles. The van der Waals surface area contributed by atoms with Crippen LogP contribution in [-0.2, 0) is 4.79 Å². The highest BCUT2D eigenvalue weighted by Gasteiger charge is 2.43. The number of rotatable bonds is 6. The number of likely N-dealkylation sites (tertiary alicyclic amines) is 1. The van der Waals surface area contributed by atoms with Gasteiger partial charge in [0.25, 0.3) is 11.8 Å². The fraction of sp³-hybridized carbons (Fsp3) is 0.400. The van der Waals surface area contributed by atoms with Crippen LogP contribution in [0.15, 0.2) is 30.5 Å². The standard InChI is InChI=1S/C20H19F6N5O3/c1-11(32)28-9-12-4-6-19(22,23)10-31(12)18(33)17-14(21)2-3-15(30-17)29-16-8-13(5-7-27-16)34-20(24,25)26/h2-3,5,7-8,12H,4,6,9-10H2,1H3,(H,28,32)(H,27,29,30)/t12-/m1/s1. The summed E-state index contributed by atoms with van der Waals surface area (Å²) in [5.41, 5.74) is -0.779. The molecular weight excluding hydrogens is 472 g/mol. The number of amides is 2. The Labute approximate surface area is 189 Å². The lowest BCUT2D eigenvalue weighted by molar-refractivity contribution is -0.274. The molecule has 8 nitrogen and oxygen atoms in total. The fourth-order valence-electron chi connectivity index (χ4n) is 3.31. The lowest BCUT2D eigenvalue weighted by Gasteiger charge is -2.39. The molecule has 3 heterocycles. The maximum Gasteiger partial charge on any atom is 0.573 e. The van der Waals surface area contributed by atoms with Gasteiger partial charge in [-0.15, -0.1) is 13.2 Å². The molecule has 0 bridgehead atoms. The summed E-state index contributed by atoms with van der Waals surface area (Å²) in [7, 11) is 0. The highest BCUT2D eigenvalue weighted by Crippen LogP contribution is 2.31. The fourth-order valence-corrected chi connectivity index (χ4v) is 3.31. The average molecular weight is 491 g/mol. The van der Waals surface area contributed by atoms with E-state index >= 15 is 0 Å². The van der Waals surface area contributed by atoms with E-state index in [1.165, 1.54) is 6.92 Å². The van der Waals surface area contributed by atoms with E-state index < -0.39 is 60.4 Å². The summed E-state index contributed by atoms with van der Waals surface area (Å²) < 4.78 is 83.5. The number of carbonyl (C=O) groups is 2. The summed E-state index contributed by atoms with van der Waals surface area (Å²) in [6, 6.07) is 2.98. The van der Waals surface area contributed by atoms with E-state index in [1.54, 1.807) is 0 Å². The number of hydrogen-bond acceptors (Lipinski definition) is 6. The second-order valence-electron chi connectivity index (χ2n) is 7.50. The summed E-state index contributed by atoms with van der Waals surface area (Å²) in [4.78, 5) is 32.5. The van der Waals surface area contributed by atoms with Crippen LogP contribution in [0, 0.1) is 5.82 Å². The van der Waals surface area contributed by atoms with Crippen molar-refractivity contribution in [3.8, 4) is 5.75 Å². The summed E-state index contributed by atoms with van der Waals surface area (Å²) in [6.45, 7) is 0.128. The Balaban J connectivity index is 1.83. The number of anilines is 2. The van der Waals surface area contributed by atoms with Crippen molar-refractivity contribution in [1.29, 1.82) is 0 Å². The highest BCUT2D eigenvalue weighted by molar-refractivity contribution is 5.93. The normalized spacial score (nSPS) is 17.7. The maximum absolute atomic E-state index is 14.4. The Morgan fingerprint density at radius 1 is 1.24 bits per heavy atom. The van der Waals surface area contributed by atoms with Gasteiger partial charge in [0.15, 0.2) is 11.5 Å². The van der Waals surface area contributed by atoms with Crippen molar-refractivity contribution < 1.29 is 40.7 Å². The first-order valence-corrected chi connectivity index (χ1v) is 9.91. The minimum absolute atomic E-state index is 0.105. The number of piperidine rings is 1. The molecule has 0 radical (unpaired) electrons. The molecule has 1 aliphatic heterocycles. The van der Waals surface area contributed by atoms with Crippen LogP contribution in [-0.4, -0.2) is 58.1 Å². The summed E-state index contributed by atoms with van der Waals surface area (Å²) in [6.07, 6.45) is -4.56. The number of nitrogens with zero attached hydrogens (tertiary/aromatic N) is 3. The van der Waals surface area contributed by atoms with Crippen LogP contribution in [0.4, 0.5) is 38.0 Å². The number of alkyl halides is 5. The molecule has 3 rings (SSSR count). The first kappa shape index (κ1) is 25.1. The number of halogens is 6.